The maximum Gasteiger partial charge on any atom is 0.186 e. The topological polar surface area (TPSA) is 79.3 Å². The van der Waals surface area contributed by atoms with E-state index in [4.69, 9.17) is 24.4 Å². The quantitative estimate of drug-likeness (QED) is 0.0593. The van der Waals surface area contributed by atoms with Crippen molar-refractivity contribution in [3.8, 4) is 0 Å². The van der Waals surface area contributed by atoms with Crippen LogP contribution in [-0.2, 0) is 0 Å². The van der Waals surface area contributed by atoms with Crippen LogP contribution in [0.25, 0.3) is 21.5 Å². The highest BCUT2D eigenvalue weighted by atomic mass is 32.1. The minimum absolute atomic E-state index is 0.528. The zero-order valence-corrected chi connectivity index (χ0v) is 27.1. The Kier molecular flexibility index (Phi) is 14.6. The van der Waals surface area contributed by atoms with Gasteiger partial charge in [0.15, 0.2) is 10.2 Å². The lowest BCUT2D eigenvalue weighted by Crippen LogP contribution is -2.32. The molecule has 0 aliphatic rings. The fraction of sp³-hybridized carbons (Fsp3) is 0.438. The van der Waals surface area contributed by atoms with Crippen LogP contribution in [0.2, 0.25) is 0 Å². The summed E-state index contributed by atoms with van der Waals surface area (Å²) in [7, 11) is 8.41. The Morgan fingerprint density at radius 3 is 1.29 bits per heavy atom. The highest BCUT2D eigenvalue weighted by Gasteiger charge is 2.11. The number of hydrazone groups is 2. The molecular formula is C32H46N8S2. The summed E-state index contributed by atoms with van der Waals surface area (Å²) >= 11 is 10.9. The highest BCUT2D eigenvalue weighted by Crippen LogP contribution is 2.31. The Morgan fingerprint density at radius 1 is 0.595 bits per heavy atom. The second-order valence-corrected chi connectivity index (χ2v) is 11.7. The molecule has 10 heteroatoms. The summed E-state index contributed by atoms with van der Waals surface area (Å²) in [5.74, 6) is 0. The van der Waals surface area contributed by atoms with Crippen LogP contribution in [0.1, 0.15) is 49.7 Å². The molecule has 0 amide bonds. The molecule has 0 fully saturated rings. The molecule has 0 unspecified atom stereocenters. The van der Waals surface area contributed by atoms with E-state index in [0.717, 1.165) is 71.7 Å². The third-order valence-corrected chi connectivity index (χ3v) is 7.34. The summed E-state index contributed by atoms with van der Waals surface area (Å²) in [5.41, 5.74) is 8.02. The van der Waals surface area contributed by atoms with Gasteiger partial charge >= 0.3 is 0 Å². The molecule has 42 heavy (non-hydrogen) atoms. The molecule has 3 aromatic carbocycles. The monoisotopic (exact) mass is 606 g/mol. The van der Waals surface area contributed by atoms with Crippen molar-refractivity contribution < 1.29 is 0 Å². The molecular weight excluding hydrogens is 561 g/mol. The highest BCUT2D eigenvalue weighted by molar-refractivity contribution is 7.80. The molecule has 0 radical (unpaired) electrons. The number of hydrogen-bond acceptors (Lipinski definition) is 6. The van der Waals surface area contributed by atoms with E-state index in [0.29, 0.717) is 10.2 Å². The average molecular weight is 607 g/mol. The van der Waals surface area contributed by atoms with E-state index in [1.54, 1.807) is 0 Å². The van der Waals surface area contributed by atoms with Gasteiger partial charge in [-0.15, -0.1) is 0 Å². The Hall–Kier alpha value is -3.18. The molecule has 0 aliphatic heterocycles. The molecule has 0 heterocycles. The van der Waals surface area contributed by atoms with E-state index in [2.05, 4.69) is 93.9 Å². The smallest absolute Gasteiger partial charge is 0.186 e. The molecule has 0 saturated carbocycles. The SMILES string of the molecule is CN(C)CCCCCNC(=S)N/N=C/c1c2ccccc2c(/C=N/NC(=S)NCCCCCN(C)C)c2ccccc12. The lowest BCUT2D eigenvalue weighted by Gasteiger charge is -2.13. The minimum atomic E-state index is 0.528. The second kappa shape index (κ2) is 18.4. The van der Waals surface area contributed by atoms with Gasteiger partial charge in [-0.05, 0) is 113 Å². The van der Waals surface area contributed by atoms with Gasteiger partial charge in [-0.25, -0.2) is 0 Å². The summed E-state index contributed by atoms with van der Waals surface area (Å²) in [4.78, 5) is 4.42. The van der Waals surface area contributed by atoms with Crippen LogP contribution in [0.15, 0.2) is 58.7 Å². The van der Waals surface area contributed by atoms with E-state index in [9.17, 15) is 0 Å². The van der Waals surface area contributed by atoms with Gasteiger partial charge in [0.1, 0.15) is 0 Å². The molecule has 4 N–H and O–H groups in total. The first kappa shape index (κ1) is 33.3. The van der Waals surface area contributed by atoms with Crippen LogP contribution in [0.5, 0.6) is 0 Å². The van der Waals surface area contributed by atoms with Crippen molar-refractivity contribution in [1.82, 2.24) is 31.3 Å². The normalized spacial score (nSPS) is 11.8. The molecule has 8 nitrogen and oxygen atoms in total. The molecule has 0 aliphatic carbocycles. The molecule has 0 atom stereocenters. The minimum Gasteiger partial charge on any atom is -0.361 e. The molecule has 0 aromatic heterocycles. The number of nitrogens with one attached hydrogen (secondary N) is 4. The van der Waals surface area contributed by atoms with Crippen LogP contribution in [-0.4, -0.2) is 86.8 Å². The third-order valence-electron chi connectivity index (χ3n) is 6.87. The van der Waals surface area contributed by atoms with Crippen molar-refractivity contribution in [3.05, 3.63) is 59.7 Å². The van der Waals surface area contributed by atoms with E-state index < -0.39 is 0 Å². The van der Waals surface area contributed by atoms with Gasteiger partial charge in [-0.1, -0.05) is 61.4 Å². The molecule has 3 rings (SSSR count). The lowest BCUT2D eigenvalue weighted by atomic mass is 9.92. The Morgan fingerprint density at radius 2 is 0.952 bits per heavy atom. The molecule has 3 aromatic rings. The fourth-order valence-electron chi connectivity index (χ4n) is 4.73. The number of nitrogens with zero attached hydrogens (tertiary/aromatic N) is 4. The number of benzene rings is 3. The molecule has 0 spiro atoms. The van der Waals surface area contributed by atoms with Gasteiger partial charge in [-0.3, -0.25) is 10.9 Å². The lowest BCUT2D eigenvalue weighted by molar-refractivity contribution is 0.391. The number of thiocarbonyl (C=S) groups is 2. The van der Waals surface area contributed by atoms with E-state index in [1.165, 1.54) is 25.7 Å². The molecule has 0 bridgehead atoms. The Balaban J connectivity index is 1.65. The van der Waals surface area contributed by atoms with Crippen molar-refractivity contribution in [2.75, 3.05) is 54.4 Å². The first-order chi connectivity index (χ1) is 20.4. The number of rotatable bonds is 16. The van der Waals surface area contributed by atoms with Crippen molar-refractivity contribution in [2.45, 2.75) is 38.5 Å². The summed E-state index contributed by atoms with van der Waals surface area (Å²) in [6, 6.07) is 16.6. The Bertz CT molecular complexity index is 1190. The fourth-order valence-corrected chi connectivity index (χ4v) is 5.04. The van der Waals surface area contributed by atoms with Crippen molar-refractivity contribution in [2.24, 2.45) is 10.2 Å². The first-order valence-corrected chi connectivity index (χ1v) is 15.5. The van der Waals surface area contributed by atoms with Crippen molar-refractivity contribution in [1.29, 1.82) is 0 Å². The van der Waals surface area contributed by atoms with Crippen LogP contribution in [0.3, 0.4) is 0 Å². The third kappa shape index (κ3) is 11.2. The van der Waals surface area contributed by atoms with Crippen LogP contribution in [0, 0.1) is 0 Å². The zero-order valence-electron chi connectivity index (χ0n) is 25.4. The van der Waals surface area contributed by atoms with Crippen LogP contribution < -0.4 is 21.5 Å². The van der Waals surface area contributed by atoms with Gasteiger partial charge in [0, 0.05) is 24.2 Å². The standard InChI is InChI=1S/C32H46N8S2/c1-39(2)21-13-5-11-19-33-31(41)37-35-23-29-25-15-7-9-17-27(25)30(28-18-10-8-16-26(28)29)24-36-38-32(42)34-20-12-6-14-22-40(3)4/h7-10,15-18,23-24H,5-6,11-14,19-22H2,1-4H3,(H2,33,37,41)(H2,34,38,42)/b35-23+,36-24+. The number of hydrogen-bond donors (Lipinski definition) is 4. The van der Waals surface area contributed by atoms with Crippen LogP contribution >= 0.6 is 24.4 Å². The summed E-state index contributed by atoms with van der Waals surface area (Å²) in [5, 5.41) is 20.9. The maximum atomic E-state index is 5.44. The number of unbranched alkanes of at least 4 members (excludes halogenated alkanes) is 4. The van der Waals surface area contributed by atoms with Crippen molar-refractivity contribution in [3.63, 3.8) is 0 Å². The van der Waals surface area contributed by atoms with E-state index >= 15 is 0 Å². The first-order valence-electron chi connectivity index (χ1n) is 14.7. The summed E-state index contributed by atoms with van der Waals surface area (Å²) in [6.45, 7) is 3.88. The predicted molar refractivity (Wildman–Crippen MR) is 189 cm³/mol. The van der Waals surface area contributed by atoms with Gasteiger partial charge in [0.25, 0.3) is 0 Å². The maximum absolute atomic E-state index is 5.44. The van der Waals surface area contributed by atoms with Gasteiger partial charge in [-0.2, -0.15) is 10.2 Å². The van der Waals surface area contributed by atoms with Gasteiger partial charge < -0.3 is 20.4 Å². The summed E-state index contributed by atoms with van der Waals surface area (Å²) in [6.07, 6.45) is 10.6. The zero-order chi connectivity index (χ0) is 30.2. The van der Waals surface area contributed by atoms with Gasteiger partial charge in [0.05, 0.1) is 12.4 Å². The largest absolute Gasteiger partial charge is 0.361 e. The summed E-state index contributed by atoms with van der Waals surface area (Å²) < 4.78 is 0. The number of fused-ring (bicyclic) bond motifs is 2. The second-order valence-electron chi connectivity index (χ2n) is 10.9. The predicted octanol–water partition coefficient (Wildman–Crippen LogP) is 5.05. The van der Waals surface area contributed by atoms with Crippen molar-refractivity contribution >= 4 is 68.6 Å². The van der Waals surface area contributed by atoms with Gasteiger partial charge in [0.2, 0.25) is 0 Å². The average Bonchev–Trinajstić information content (AvgIpc) is 2.97. The molecule has 226 valence electrons. The van der Waals surface area contributed by atoms with E-state index in [-0.39, 0.29) is 0 Å². The van der Waals surface area contributed by atoms with Crippen LogP contribution in [0.4, 0.5) is 0 Å². The Labute approximate surface area is 262 Å². The molecule has 0 saturated heterocycles. The van der Waals surface area contributed by atoms with E-state index in [1.807, 2.05) is 36.7 Å².